The minimum absolute atomic E-state index is 0.187. The summed E-state index contributed by atoms with van der Waals surface area (Å²) in [6.07, 6.45) is 2.60. The van der Waals surface area contributed by atoms with Crippen LogP contribution in [0.1, 0.15) is 6.42 Å². The van der Waals surface area contributed by atoms with E-state index in [4.69, 9.17) is 5.11 Å². The van der Waals surface area contributed by atoms with Crippen molar-refractivity contribution < 1.29 is 5.11 Å². The zero-order valence-electron chi connectivity index (χ0n) is 4.10. The second-order valence-corrected chi connectivity index (χ2v) is 2.60. The lowest BCUT2D eigenvalue weighted by Crippen LogP contribution is -2.00. The van der Waals surface area contributed by atoms with E-state index in [2.05, 4.69) is 22.5 Å². The normalized spacial score (nSPS) is 13.4. The topological polar surface area (TPSA) is 20.2 Å². The van der Waals surface area contributed by atoms with Gasteiger partial charge in [0.05, 0.1) is 6.61 Å². The van der Waals surface area contributed by atoms with Gasteiger partial charge in [-0.1, -0.05) is 22.0 Å². The van der Waals surface area contributed by atoms with Crippen molar-refractivity contribution in [3.8, 4) is 0 Å². The van der Waals surface area contributed by atoms with Crippen LogP contribution in [-0.2, 0) is 0 Å². The fourth-order valence-corrected chi connectivity index (χ4v) is 0.520. The Morgan fingerprint density at radius 2 is 2.43 bits per heavy atom. The fourth-order valence-electron chi connectivity index (χ4n) is 0.255. The number of aliphatic hydroxyl groups is 1. The summed E-state index contributed by atoms with van der Waals surface area (Å²) >= 11 is 3.22. The summed E-state index contributed by atoms with van der Waals surface area (Å²) < 4.78 is 0. The third-order valence-electron chi connectivity index (χ3n) is 0.621. The Balaban J connectivity index is 2.98. The molecule has 1 atom stereocenters. The Labute approximate surface area is 52.2 Å². The number of alkyl halides is 1. The predicted molar refractivity (Wildman–Crippen MR) is 34.6 cm³/mol. The van der Waals surface area contributed by atoms with Gasteiger partial charge in [0.1, 0.15) is 0 Å². The molecule has 0 aromatic carbocycles. The maximum Gasteiger partial charge on any atom is 0.0559 e. The smallest absolute Gasteiger partial charge is 0.0559 e. The molecule has 0 radical (unpaired) electrons. The van der Waals surface area contributed by atoms with E-state index in [1.54, 1.807) is 6.08 Å². The van der Waals surface area contributed by atoms with Crippen LogP contribution in [0.25, 0.3) is 0 Å². The molecule has 0 amide bonds. The molecule has 0 aliphatic carbocycles. The molecule has 0 spiro atoms. The lowest BCUT2D eigenvalue weighted by molar-refractivity contribution is 0.297. The molecule has 1 nitrogen and oxygen atoms in total. The highest BCUT2D eigenvalue weighted by Gasteiger charge is 1.94. The van der Waals surface area contributed by atoms with E-state index in [1.165, 1.54) is 0 Å². The molecule has 0 aromatic rings. The van der Waals surface area contributed by atoms with Crippen molar-refractivity contribution in [2.45, 2.75) is 11.2 Å². The van der Waals surface area contributed by atoms with Crippen LogP contribution >= 0.6 is 15.9 Å². The van der Waals surface area contributed by atoms with Gasteiger partial charge in [0.25, 0.3) is 0 Å². The summed E-state index contributed by atoms with van der Waals surface area (Å²) in [5.41, 5.74) is 0. The predicted octanol–water partition coefficient (Wildman–Crippen LogP) is 1.32. The maximum atomic E-state index is 8.37. The van der Waals surface area contributed by atoms with Gasteiger partial charge in [-0.3, -0.25) is 0 Å². The van der Waals surface area contributed by atoms with Gasteiger partial charge < -0.3 is 5.11 Å². The van der Waals surface area contributed by atoms with E-state index in [0.29, 0.717) is 0 Å². The van der Waals surface area contributed by atoms with Crippen molar-refractivity contribution in [3.63, 3.8) is 0 Å². The highest BCUT2D eigenvalue weighted by molar-refractivity contribution is 9.09. The molecule has 42 valence electrons. The van der Waals surface area contributed by atoms with Crippen LogP contribution in [0.4, 0.5) is 0 Å². The average molecular weight is 165 g/mol. The van der Waals surface area contributed by atoms with Crippen molar-refractivity contribution in [2.75, 3.05) is 6.61 Å². The van der Waals surface area contributed by atoms with Gasteiger partial charge in [0, 0.05) is 4.83 Å². The van der Waals surface area contributed by atoms with Gasteiger partial charge in [0.15, 0.2) is 0 Å². The molecule has 0 aliphatic rings. The number of allylic oxidation sites excluding steroid dienone is 1. The summed E-state index contributed by atoms with van der Waals surface area (Å²) in [6.45, 7) is 3.69. The average Bonchev–Trinajstić information content (AvgIpc) is 1.68. The third-order valence-corrected chi connectivity index (χ3v) is 1.28. The van der Waals surface area contributed by atoms with E-state index in [0.717, 1.165) is 6.42 Å². The molecule has 7 heavy (non-hydrogen) atoms. The molecule has 0 rings (SSSR count). The highest BCUT2D eigenvalue weighted by Crippen LogP contribution is 2.02. The lowest BCUT2D eigenvalue weighted by Gasteiger charge is -1.97. The summed E-state index contributed by atoms with van der Waals surface area (Å²) in [6, 6.07) is 0. The summed E-state index contributed by atoms with van der Waals surface area (Å²) in [5.74, 6) is 0. The minimum atomic E-state index is 0.187. The summed E-state index contributed by atoms with van der Waals surface area (Å²) in [4.78, 5) is 0.199. The molecule has 0 fully saturated rings. The van der Waals surface area contributed by atoms with Crippen LogP contribution in [0.2, 0.25) is 0 Å². The highest BCUT2D eigenvalue weighted by atomic mass is 79.9. The Kier molecular flexibility index (Phi) is 4.45. The zero-order valence-corrected chi connectivity index (χ0v) is 5.69. The van der Waals surface area contributed by atoms with Crippen LogP contribution in [0.15, 0.2) is 12.7 Å². The number of halogens is 1. The first kappa shape index (κ1) is 7.18. The molecule has 0 bridgehead atoms. The van der Waals surface area contributed by atoms with Crippen LogP contribution in [0, 0.1) is 0 Å². The maximum absolute atomic E-state index is 8.37. The van der Waals surface area contributed by atoms with Crippen molar-refractivity contribution >= 4 is 15.9 Å². The lowest BCUT2D eigenvalue weighted by atomic mass is 10.3. The second kappa shape index (κ2) is 4.34. The quantitative estimate of drug-likeness (QED) is 0.493. The van der Waals surface area contributed by atoms with Crippen molar-refractivity contribution in [3.05, 3.63) is 12.7 Å². The van der Waals surface area contributed by atoms with Crippen LogP contribution < -0.4 is 0 Å². The fraction of sp³-hybridized carbons (Fsp3) is 0.600. The number of hydrogen-bond donors (Lipinski definition) is 1. The largest absolute Gasteiger partial charge is 0.395 e. The molecular formula is C5H9BrO. The van der Waals surface area contributed by atoms with Crippen LogP contribution in [0.5, 0.6) is 0 Å². The molecule has 1 N–H and O–H groups in total. The van der Waals surface area contributed by atoms with E-state index < -0.39 is 0 Å². The van der Waals surface area contributed by atoms with E-state index in [1.807, 2.05) is 0 Å². The van der Waals surface area contributed by atoms with Gasteiger partial charge in [-0.2, -0.15) is 0 Å². The van der Waals surface area contributed by atoms with E-state index in [9.17, 15) is 0 Å². The first-order valence-corrected chi connectivity index (χ1v) is 3.08. The Morgan fingerprint density at radius 3 is 2.57 bits per heavy atom. The Morgan fingerprint density at radius 1 is 1.86 bits per heavy atom. The monoisotopic (exact) mass is 164 g/mol. The molecule has 0 aromatic heterocycles. The van der Waals surface area contributed by atoms with Gasteiger partial charge in [-0.15, -0.1) is 6.58 Å². The van der Waals surface area contributed by atoms with E-state index in [-0.39, 0.29) is 11.4 Å². The van der Waals surface area contributed by atoms with Crippen LogP contribution in [-0.4, -0.2) is 16.5 Å². The van der Waals surface area contributed by atoms with Crippen molar-refractivity contribution in [2.24, 2.45) is 0 Å². The third kappa shape index (κ3) is 4.02. The second-order valence-electron chi connectivity index (χ2n) is 1.30. The molecule has 0 aliphatic heterocycles. The molecular weight excluding hydrogens is 156 g/mol. The number of hydrogen-bond acceptors (Lipinski definition) is 1. The number of aliphatic hydroxyl groups excluding tert-OH is 1. The minimum Gasteiger partial charge on any atom is -0.395 e. The summed E-state index contributed by atoms with van der Waals surface area (Å²) in [7, 11) is 0. The van der Waals surface area contributed by atoms with Gasteiger partial charge in [0.2, 0.25) is 0 Å². The zero-order chi connectivity index (χ0) is 5.70. The molecule has 0 heterocycles. The Bertz CT molecular complexity index is 54.0. The van der Waals surface area contributed by atoms with Crippen LogP contribution in [0.3, 0.4) is 0 Å². The van der Waals surface area contributed by atoms with Gasteiger partial charge in [-0.25, -0.2) is 0 Å². The van der Waals surface area contributed by atoms with Gasteiger partial charge >= 0.3 is 0 Å². The molecule has 2 heteroatoms. The SMILES string of the molecule is C=CC[C@H](Br)CO. The first-order valence-electron chi connectivity index (χ1n) is 2.17. The number of rotatable bonds is 3. The Hall–Kier alpha value is 0.180. The molecule has 0 saturated heterocycles. The molecule has 0 saturated carbocycles. The first-order chi connectivity index (χ1) is 3.31. The van der Waals surface area contributed by atoms with Crippen molar-refractivity contribution in [1.29, 1.82) is 0 Å². The van der Waals surface area contributed by atoms with E-state index >= 15 is 0 Å². The van der Waals surface area contributed by atoms with Gasteiger partial charge in [-0.05, 0) is 6.42 Å². The van der Waals surface area contributed by atoms with Crippen molar-refractivity contribution in [1.82, 2.24) is 0 Å². The standard InChI is InChI=1S/C5H9BrO/c1-2-3-5(6)4-7/h2,5,7H,1,3-4H2/t5-/m0/s1. The molecule has 0 unspecified atom stereocenters. The summed E-state index contributed by atoms with van der Waals surface area (Å²) in [5, 5.41) is 8.37.